The van der Waals surface area contributed by atoms with E-state index in [9.17, 15) is 0 Å². The van der Waals surface area contributed by atoms with Gasteiger partial charge in [0.1, 0.15) is 0 Å². The maximum absolute atomic E-state index is 5.22. The Hall–Kier alpha value is -0.510. The molecule has 0 radical (unpaired) electrons. The Labute approximate surface area is 63.3 Å². The predicted molar refractivity (Wildman–Crippen MR) is 44.3 cm³/mol. The van der Waals surface area contributed by atoms with Crippen LogP contribution in [0.15, 0.2) is 0 Å². The standard InChI is InChI=1S/C9H16N/c1-9(2)6-4-8(10-3)5-7-9/h3,8H,4-7H2,1-2H3/q+1. The minimum absolute atomic E-state index is 0.452. The Balaban J connectivity index is 2.40. The fraction of sp³-hybridized carbons (Fsp3) is 0.889. The Morgan fingerprint density at radius 3 is 2.20 bits per heavy atom. The summed E-state index contributed by atoms with van der Waals surface area (Å²) in [6.07, 6.45) is 4.92. The normalized spacial score (nSPS) is 25.7. The van der Waals surface area contributed by atoms with Crippen LogP contribution in [0.4, 0.5) is 0 Å². The van der Waals surface area contributed by atoms with E-state index in [0.29, 0.717) is 11.5 Å². The molecule has 0 saturated heterocycles. The van der Waals surface area contributed by atoms with E-state index in [0.717, 1.165) is 0 Å². The lowest BCUT2D eigenvalue weighted by molar-refractivity contribution is 0.238. The fourth-order valence-corrected chi connectivity index (χ4v) is 1.53. The van der Waals surface area contributed by atoms with Crippen LogP contribution in [0.3, 0.4) is 0 Å². The predicted octanol–water partition coefficient (Wildman–Crippen LogP) is 2.92. The molecule has 0 N–H and O–H groups in total. The van der Waals surface area contributed by atoms with Crippen LogP contribution in [0.1, 0.15) is 39.5 Å². The lowest BCUT2D eigenvalue weighted by atomic mass is 9.76. The minimum Gasteiger partial charge on any atom is -0.0837 e. The zero-order chi connectivity index (χ0) is 7.61. The number of hydrogen-bond acceptors (Lipinski definition) is 0. The number of nitrogens with zero attached hydrogens (tertiary/aromatic N) is 1. The van der Waals surface area contributed by atoms with Gasteiger partial charge in [0.05, 0.1) is 0 Å². The number of rotatable bonds is 0. The average Bonchev–Trinajstić information content (AvgIpc) is 1.88. The molecule has 0 amide bonds. The maximum Gasteiger partial charge on any atom is 0.272 e. The van der Waals surface area contributed by atoms with Gasteiger partial charge in [0.2, 0.25) is 0 Å². The van der Waals surface area contributed by atoms with Gasteiger partial charge >= 0.3 is 0 Å². The van der Waals surface area contributed by atoms with Gasteiger partial charge < -0.3 is 0 Å². The second kappa shape index (κ2) is 2.62. The van der Waals surface area contributed by atoms with Gasteiger partial charge in [-0.25, -0.2) is 0 Å². The maximum atomic E-state index is 5.22. The molecular weight excluding hydrogens is 122 g/mol. The zero-order valence-corrected chi connectivity index (χ0v) is 6.93. The molecule has 0 aromatic carbocycles. The van der Waals surface area contributed by atoms with Gasteiger partial charge in [-0.2, -0.15) is 0 Å². The van der Waals surface area contributed by atoms with E-state index < -0.39 is 0 Å². The summed E-state index contributed by atoms with van der Waals surface area (Å²) < 4.78 is 0. The van der Waals surface area contributed by atoms with Crippen molar-refractivity contribution < 1.29 is 0 Å². The van der Waals surface area contributed by atoms with E-state index in [1.54, 1.807) is 0 Å². The van der Waals surface area contributed by atoms with Crippen molar-refractivity contribution in [1.82, 2.24) is 0 Å². The third-order valence-corrected chi connectivity index (χ3v) is 2.52. The lowest BCUT2D eigenvalue weighted by Crippen LogP contribution is -2.22. The van der Waals surface area contributed by atoms with Gasteiger partial charge in [-0.3, -0.25) is 0 Å². The molecule has 1 aliphatic carbocycles. The molecule has 0 bridgehead atoms. The van der Waals surface area contributed by atoms with E-state index in [4.69, 9.17) is 6.57 Å². The van der Waals surface area contributed by atoms with E-state index in [2.05, 4.69) is 18.7 Å². The molecule has 0 atom stereocenters. The van der Waals surface area contributed by atoms with Crippen molar-refractivity contribution in [2.24, 2.45) is 5.41 Å². The van der Waals surface area contributed by atoms with E-state index in [1.165, 1.54) is 25.7 Å². The highest BCUT2D eigenvalue weighted by atomic mass is 14.7. The second-order valence-electron chi connectivity index (χ2n) is 4.04. The monoisotopic (exact) mass is 138 g/mol. The Bertz CT molecular complexity index is 143. The van der Waals surface area contributed by atoms with E-state index >= 15 is 0 Å². The summed E-state index contributed by atoms with van der Waals surface area (Å²) in [7, 11) is 0. The van der Waals surface area contributed by atoms with Gasteiger partial charge in [-0.15, -0.1) is 0 Å². The summed E-state index contributed by atoms with van der Waals surface area (Å²) in [5.41, 5.74) is 0.543. The topological polar surface area (TPSA) is 4.36 Å². The molecule has 1 heteroatoms. The summed E-state index contributed by atoms with van der Waals surface area (Å²) in [5, 5.41) is 0. The first kappa shape index (κ1) is 7.60. The van der Waals surface area contributed by atoms with Crippen molar-refractivity contribution in [1.29, 1.82) is 0 Å². The van der Waals surface area contributed by atoms with Gasteiger partial charge in [0.15, 0.2) is 0 Å². The van der Waals surface area contributed by atoms with E-state index in [-0.39, 0.29) is 0 Å². The van der Waals surface area contributed by atoms with Crippen LogP contribution in [0.25, 0.3) is 4.85 Å². The molecule has 1 fully saturated rings. The molecule has 0 unspecified atom stereocenters. The first-order valence-corrected chi connectivity index (χ1v) is 4.04. The summed E-state index contributed by atoms with van der Waals surface area (Å²) >= 11 is 0. The molecule has 1 nitrogen and oxygen atoms in total. The van der Waals surface area contributed by atoms with Crippen molar-refractivity contribution in [2.45, 2.75) is 45.6 Å². The quantitative estimate of drug-likeness (QED) is 0.485. The zero-order valence-electron chi connectivity index (χ0n) is 6.93. The van der Waals surface area contributed by atoms with Crippen molar-refractivity contribution >= 4 is 0 Å². The van der Waals surface area contributed by atoms with Gasteiger partial charge in [0, 0.05) is 12.8 Å². The summed E-state index contributed by atoms with van der Waals surface area (Å²) in [6.45, 7) is 9.86. The van der Waals surface area contributed by atoms with Gasteiger partial charge in [0.25, 0.3) is 12.6 Å². The molecule has 56 valence electrons. The first-order chi connectivity index (χ1) is 4.64. The van der Waals surface area contributed by atoms with Crippen LogP contribution in [0.2, 0.25) is 0 Å². The minimum atomic E-state index is 0.452. The lowest BCUT2D eigenvalue weighted by Gasteiger charge is -2.28. The van der Waals surface area contributed by atoms with E-state index in [1.807, 2.05) is 0 Å². The molecule has 0 heterocycles. The van der Waals surface area contributed by atoms with Crippen LogP contribution >= 0.6 is 0 Å². The molecule has 0 aliphatic heterocycles. The van der Waals surface area contributed by atoms with Crippen LogP contribution in [-0.2, 0) is 0 Å². The second-order valence-corrected chi connectivity index (χ2v) is 4.04. The molecule has 10 heavy (non-hydrogen) atoms. The summed E-state index contributed by atoms with van der Waals surface area (Å²) in [4.78, 5) is 3.81. The average molecular weight is 138 g/mol. The van der Waals surface area contributed by atoms with Crippen molar-refractivity contribution in [3.05, 3.63) is 4.85 Å². The summed E-state index contributed by atoms with van der Waals surface area (Å²) in [6, 6.07) is 0.452. The highest BCUT2D eigenvalue weighted by Crippen LogP contribution is 2.35. The largest absolute Gasteiger partial charge is 0.272 e. The Morgan fingerprint density at radius 1 is 1.30 bits per heavy atom. The first-order valence-electron chi connectivity index (χ1n) is 4.04. The van der Waals surface area contributed by atoms with Gasteiger partial charge in [-0.1, -0.05) is 18.7 Å². The van der Waals surface area contributed by atoms with Crippen LogP contribution in [-0.4, -0.2) is 6.04 Å². The third kappa shape index (κ3) is 1.73. The summed E-state index contributed by atoms with van der Waals surface area (Å²) in [5.74, 6) is 0. The smallest absolute Gasteiger partial charge is 0.0837 e. The third-order valence-electron chi connectivity index (χ3n) is 2.52. The molecular formula is C9H16N+. The Kier molecular flexibility index (Phi) is 1.99. The van der Waals surface area contributed by atoms with Crippen LogP contribution in [0, 0.1) is 12.0 Å². The Morgan fingerprint density at radius 2 is 1.80 bits per heavy atom. The van der Waals surface area contributed by atoms with Crippen LogP contribution < -0.4 is 0 Å². The SMILES string of the molecule is C#[N+]C1CCC(C)(C)CC1. The van der Waals surface area contributed by atoms with Crippen molar-refractivity contribution in [3.8, 4) is 6.57 Å². The van der Waals surface area contributed by atoms with Gasteiger partial charge in [-0.05, 0) is 18.3 Å². The molecule has 0 aromatic heterocycles. The molecule has 1 rings (SSSR count). The molecule has 1 aliphatic rings. The van der Waals surface area contributed by atoms with Crippen LogP contribution in [0.5, 0.6) is 0 Å². The highest BCUT2D eigenvalue weighted by molar-refractivity contribution is 4.89. The number of hydrogen-bond donors (Lipinski definition) is 0. The van der Waals surface area contributed by atoms with Crippen molar-refractivity contribution in [2.75, 3.05) is 0 Å². The molecule has 0 spiro atoms. The molecule has 1 saturated carbocycles. The fourth-order valence-electron chi connectivity index (χ4n) is 1.53. The highest BCUT2D eigenvalue weighted by Gasteiger charge is 2.31. The molecule has 0 aromatic rings. The van der Waals surface area contributed by atoms with Crippen molar-refractivity contribution in [3.63, 3.8) is 0 Å².